The third-order valence-electron chi connectivity index (χ3n) is 4.93. The Bertz CT molecular complexity index is 602. The van der Waals surface area contributed by atoms with Gasteiger partial charge in [-0.15, -0.1) is 0 Å². The molecule has 0 aliphatic heterocycles. The molecule has 1 aromatic rings. The largest absolute Gasteiger partial charge is 0.452 e. The molecule has 0 bridgehead atoms. The maximum Gasteiger partial charge on any atom is 0.309 e. The quantitative estimate of drug-likeness (QED) is 0.799. The molecular formula is C19H27ClN2O3. The number of hydrogen-bond donors (Lipinski definition) is 1. The molecule has 1 heterocycles. The summed E-state index contributed by atoms with van der Waals surface area (Å²) in [5, 5.41) is 3.11. The highest BCUT2D eigenvalue weighted by atomic mass is 35.5. The predicted molar refractivity (Wildman–Crippen MR) is 98.3 cm³/mol. The minimum absolute atomic E-state index is 0.109. The van der Waals surface area contributed by atoms with Gasteiger partial charge in [0.1, 0.15) is 5.82 Å². The Labute approximate surface area is 154 Å². The first-order chi connectivity index (χ1) is 11.7. The van der Waals surface area contributed by atoms with Crippen molar-refractivity contribution in [3.8, 4) is 0 Å². The van der Waals surface area contributed by atoms with Gasteiger partial charge in [0.2, 0.25) is 0 Å². The lowest BCUT2D eigenvalue weighted by Gasteiger charge is -2.36. The Morgan fingerprint density at radius 1 is 1.24 bits per heavy atom. The Morgan fingerprint density at radius 2 is 1.88 bits per heavy atom. The Kier molecular flexibility index (Phi) is 6.44. The highest BCUT2D eigenvalue weighted by Crippen LogP contribution is 2.40. The van der Waals surface area contributed by atoms with E-state index < -0.39 is 12.0 Å². The maximum atomic E-state index is 12.3. The van der Waals surface area contributed by atoms with Gasteiger partial charge in [-0.2, -0.15) is 0 Å². The maximum absolute atomic E-state index is 12.3. The fourth-order valence-corrected chi connectivity index (χ4v) is 3.31. The molecule has 25 heavy (non-hydrogen) atoms. The average molecular weight is 367 g/mol. The number of nitrogens with one attached hydrogen (secondary N) is 1. The number of hydrogen-bond acceptors (Lipinski definition) is 4. The molecule has 1 N–H and O–H groups in total. The number of anilines is 1. The standard InChI is InChI=1S/C19H27ClN2O3/c1-12(17(23)22-16-10-9-15(20)11-21-16)25-18(24)13-5-7-14(8-6-13)19(2,3)4/h9-14H,5-8H2,1-4H3,(H,21,22,23). The first kappa shape index (κ1) is 19.7. The van der Waals surface area contributed by atoms with Crippen molar-refractivity contribution < 1.29 is 14.3 Å². The second-order valence-corrected chi connectivity index (χ2v) is 8.28. The third-order valence-corrected chi connectivity index (χ3v) is 5.15. The highest BCUT2D eigenvalue weighted by Gasteiger charge is 2.34. The molecule has 1 amide bonds. The van der Waals surface area contributed by atoms with Gasteiger partial charge in [-0.3, -0.25) is 9.59 Å². The molecule has 5 nitrogen and oxygen atoms in total. The van der Waals surface area contributed by atoms with E-state index in [-0.39, 0.29) is 17.3 Å². The zero-order valence-corrected chi connectivity index (χ0v) is 16.1. The van der Waals surface area contributed by atoms with Crippen molar-refractivity contribution in [1.29, 1.82) is 0 Å². The van der Waals surface area contributed by atoms with Gasteiger partial charge in [0.05, 0.1) is 10.9 Å². The summed E-state index contributed by atoms with van der Waals surface area (Å²) in [6, 6.07) is 3.23. The number of pyridine rings is 1. The predicted octanol–water partition coefficient (Wildman–Crippen LogP) is 4.46. The molecule has 1 fully saturated rings. The molecule has 1 aliphatic rings. The zero-order chi connectivity index (χ0) is 18.6. The summed E-state index contributed by atoms with van der Waals surface area (Å²) in [5.41, 5.74) is 0.271. The first-order valence-electron chi connectivity index (χ1n) is 8.79. The van der Waals surface area contributed by atoms with E-state index in [1.54, 1.807) is 19.1 Å². The topological polar surface area (TPSA) is 68.3 Å². The van der Waals surface area contributed by atoms with Crippen LogP contribution < -0.4 is 5.32 Å². The normalized spacial score (nSPS) is 22.1. The van der Waals surface area contributed by atoms with Crippen molar-refractivity contribution >= 4 is 29.3 Å². The van der Waals surface area contributed by atoms with E-state index in [4.69, 9.17) is 16.3 Å². The van der Waals surface area contributed by atoms with E-state index in [1.165, 1.54) is 6.20 Å². The number of carbonyl (C=O) groups is 2. The van der Waals surface area contributed by atoms with Crippen molar-refractivity contribution in [2.75, 3.05) is 5.32 Å². The van der Waals surface area contributed by atoms with Crippen molar-refractivity contribution in [3.05, 3.63) is 23.4 Å². The second-order valence-electron chi connectivity index (χ2n) is 7.84. The van der Waals surface area contributed by atoms with Crippen LogP contribution in [-0.4, -0.2) is 23.0 Å². The van der Waals surface area contributed by atoms with Crippen LogP contribution in [0.15, 0.2) is 18.3 Å². The summed E-state index contributed by atoms with van der Waals surface area (Å²) in [5.74, 6) is 0.226. The summed E-state index contributed by atoms with van der Waals surface area (Å²) in [6.45, 7) is 8.30. The number of ether oxygens (including phenoxy) is 1. The average Bonchev–Trinajstić information content (AvgIpc) is 2.56. The molecule has 0 radical (unpaired) electrons. The fourth-order valence-electron chi connectivity index (χ4n) is 3.20. The van der Waals surface area contributed by atoms with Gasteiger partial charge in [-0.05, 0) is 56.1 Å². The van der Waals surface area contributed by atoms with Crippen LogP contribution in [0.3, 0.4) is 0 Å². The lowest BCUT2D eigenvalue weighted by Crippen LogP contribution is -2.34. The number of halogens is 1. The summed E-state index contributed by atoms with van der Waals surface area (Å²) in [4.78, 5) is 28.5. The number of esters is 1. The van der Waals surface area contributed by atoms with Crippen LogP contribution >= 0.6 is 11.6 Å². The molecule has 138 valence electrons. The van der Waals surface area contributed by atoms with Gasteiger partial charge in [0.25, 0.3) is 5.91 Å². The molecule has 2 rings (SSSR count). The highest BCUT2D eigenvalue weighted by molar-refractivity contribution is 6.30. The number of carbonyl (C=O) groups excluding carboxylic acids is 2. The molecule has 1 saturated carbocycles. The first-order valence-corrected chi connectivity index (χ1v) is 9.17. The van der Waals surface area contributed by atoms with Gasteiger partial charge >= 0.3 is 5.97 Å². The minimum atomic E-state index is -0.856. The summed E-state index contributed by atoms with van der Waals surface area (Å²) in [6.07, 6.45) is 4.30. The fraction of sp³-hybridized carbons (Fsp3) is 0.632. The van der Waals surface area contributed by atoms with E-state index >= 15 is 0 Å². The van der Waals surface area contributed by atoms with E-state index in [9.17, 15) is 9.59 Å². The van der Waals surface area contributed by atoms with Crippen LogP contribution in [0.5, 0.6) is 0 Å². The zero-order valence-electron chi connectivity index (χ0n) is 15.3. The minimum Gasteiger partial charge on any atom is -0.452 e. The van der Waals surface area contributed by atoms with Crippen LogP contribution in [0.2, 0.25) is 5.02 Å². The van der Waals surface area contributed by atoms with E-state index in [0.29, 0.717) is 16.8 Å². The summed E-state index contributed by atoms with van der Waals surface area (Å²) < 4.78 is 5.36. The summed E-state index contributed by atoms with van der Waals surface area (Å²) >= 11 is 5.76. The Hall–Kier alpha value is -1.62. The van der Waals surface area contributed by atoms with Gasteiger partial charge in [-0.1, -0.05) is 32.4 Å². The van der Waals surface area contributed by atoms with Crippen molar-refractivity contribution in [1.82, 2.24) is 4.98 Å². The molecule has 0 aromatic carbocycles. The van der Waals surface area contributed by atoms with Gasteiger partial charge < -0.3 is 10.1 Å². The Morgan fingerprint density at radius 3 is 2.40 bits per heavy atom. The van der Waals surface area contributed by atoms with Crippen molar-refractivity contribution in [3.63, 3.8) is 0 Å². The molecule has 0 spiro atoms. The van der Waals surface area contributed by atoms with Crippen LogP contribution in [0.25, 0.3) is 0 Å². The van der Waals surface area contributed by atoms with Gasteiger partial charge in [0.15, 0.2) is 6.10 Å². The lowest BCUT2D eigenvalue weighted by molar-refractivity contribution is -0.158. The lowest BCUT2D eigenvalue weighted by atomic mass is 9.70. The Balaban J connectivity index is 1.81. The second kappa shape index (κ2) is 8.17. The van der Waals surface area contributed by atoms with E-state index in [0.717, 1.165) is 25.7 Å². The van der Waals surface area contributed by atoms with Gasteiger partial charge in [0, 0.05) is 6.20 Å². The molecule has 1 unspecified atom stereocenters. The van der Waals surface area contributed by atoms with Crippen molar-refractivity contribution in [2.45, 2.75) is 59.5 Å². The third kappa shape index (κ3) is 5.70. The molecule has 1 aliphatic carbocycles. The van der Waals surface area contributed by atoms with E-state index in [1.807, 2.05) is 0 Å². The molecule has 0 saturated heterocycles. The van der Waals surface area contributed by atoms with Gasteiger partial charge in [-0.25, -0.2) is 4.98 Å². The van der Waals surface area contributed by atoms with Crippen molar-refractivity contribution in [2.24, 2.45) is 17.3 Å². The van der Waals surface area contributed by atoms with Crippen LogP contribution in [0.4, 0.5) is 5.82 Å². The van der Waals surface area contributed by atoms with Crippen LogP contribution in [0, 0.1) is 17.3 Å². The molecule has 1 atom stereocenters. The smallest absolute Gasteiger partial charge is 0.309 e. The number of nitrogens with zero attached hydrogens (tertiary/aromatic N) is 1. The molecule has 1 aromatic heterocycles. The summed E-state index contributed by atoms with van der Waals surface area (Å²) in [7, 11) is 0. The van der Waals surface area contributed by atoms with Crippen LogP contribution in [0.1, 0.15) is 53.4 Å². The number of aromatic nitrogens is 1. The molecule has 6 heteroatoms. The molecular weight excluding hydrogens is 340 g/mol. The van der Waals surface area contributed by atoms with Crippen LogP contribution in [-0.2, 0) is 14.3 Å². The monoisotopic (exact) mass is 366 g/mol. The number of amides is 1. The van der Waals surface area contributed by atoms with E-state index in [2.05, 4.69) is 31.1 Å². The SMILES string of the molecule is CC(OC(=O)C1CCC(C(C)(C)C)CC1)C(=O)Nc1ccc(Cl)cn1. The number of rotatable bonds is 4.